The zero-order valence-electron chi connectivity index (χ0n) is 53.8. The maximum Gasteiger partial charge on any atom is 0.317 e. The summed E-state index contributed by atoms with van der Waals surface area (Å²) in [5.41, 5.74) is 11.7. The van der Waals surface area contributed by atoms with E-state index in [4.69, 9.17) is 14.7 Å². The molecule has 20 nitrogen and oxygen atoms in total. The van der Waals surface area contributed by atoms with Crippen LogP contribution in [0.15, 0.2) is 204 Å². The van der Waals surface area contributed by atoms with Crippen molar-refractivity contribution in [2.24, 2.45) is 10.2 Å². The number of nitro groups is 1. The SMILES string of the molecule is CCN(CC)c1ccc(/C=C/c2cc(/C=C/c3ccc(N(CC)CC)cc3)nc(OCc3cn(CC[C@H](NC(=O)[C@H](Cc4ccccc4)NC(=O)Cc4ccc(-c5ccccc5)cc4)C(=O)NCCN(CC)c4ccc(N=Nc5ccc([N+](=O)[O-])cc5)cc4)nn3)n2)cc1. The van der Waals surface area contributed by atoms with Crippen LogP contribution in [0.4, 0.5) is 34.1 Å². The second kappa shape index (κ2) is 34.3. The van der Waals surface area contributed by atoms with Gasteiger partial charge in [-0.25, -0.2) is 0 Å². The molecule has 3 amide bonds. The van der Waals surface area contributed by atoms with Crippen LogP contribution in [-0.4, -0.2) is 106 Å². The van der Waals surface area contributed by atoms with E-state index in [0.717, 1.165) is 76.6 Å². The summed E-state index contributed by atoms with van der Waals surface area (Å²) >= 11 is 0. The highest BCUT2D eigenvalue weighted by Gasteiger charge is 2.28. The predicted octanol–water partition coefficient (Wildman–Crippen LogP) is 13.2. The normalized spacial score (nSPS) is 12.0. The van der Waals surface area contributed by atoms with Crippen molar-refractivity contribution in [2.75, 3.05) is 60.5 Å². The molecule has 0 spiro atoms. The van der Waals surface area contributed by atoms with Crippen LogP contribution in [-0.2, 0) is 40.4 Å². The number of rotatable bonds is 33. The molecular weight excluding hydrogens is 1180 g/mol. The van der Waals surface area contributed by atoms with Crippen molar-refractivity contribution in [3.05, 3.63) is 244 Å². The van der Waals surface area contributed by atoms with Gasteiger partial charge in [-0.05, 0) is 153 Å². The molecule has 0 radical (unpaired) electrons. The van der Waals surface area contributed by atoms with Gasteiger partial charge in [-0.3, -0.25) is 29.2 Å². The highest BCUT2D eigenvalue weighted by atomic mass is 16.6. The number of carbonyl (C=O) groups excluding carboxylic acids is 3. The average Bonchev–Trinajstić information content (AvgIpc) is 1.56. The van der Waals surface area contributed by atoms with E-state index < -0.39 is 28.8 Å². The number of nitrogens with one attached hydrogen (secondary N) is 3. The zero-order chi connectivity index (χ0) is 66.0. The molecule has 0 saturated heterocycles. The minimum Gasteiger partial charge on any atom is -0.457 e. The third kappa shape index (κ3) is 19.9. The lowest BCUT2D eigenvalue weighted by molar-refractivity contribution is -0.384. The topological polar surface area (TPSA) is 231 Å². The van der Waals surface area contributed by atoms with Crippen LogP contribution in [0, 0.1) is 10.1 Å². The number of carbonyl (C=O) groups is 3. The second-order valence-electron chi connectivity index (χ2n) is 22.2. The van der Waals surface area contributed by atoms with Crippen molar-refractivity contribution in [2.45, 2.75) is 79.1 Å². The summed E-state index contributed by atoms with van der Waals surface area (Å²) in [5.74, 6) is -1.31. The summed E-state index contributed by atoms with van der Waals surface area (Å²) in [6.45, 7) is 15.7. The monoisotopic (exact) mass is 1260 g/mol. The standard InChI is InChI=1S/C74H80N14O6/c1-6-84(7-2)65-37-25-54(26-38-65)23-31-62-51-63(32-24-55-27-39-66(40-28-55)85(8-3)9-4)77-74(76-62)94-53-64-52-87(83-82-64)47-45-69(72(90)75-46-48-86(10-5)67-41-33-60(34-42-67)80-81-61-35-43-68(44-36-61)88(92)93)79-73(91)70(49-56-17-13-11-14-18-56)78-71(89)50-57-21-29-59(30-22-57)58-19-15-12-16-20-58/h11-44,51-52,69-70H,6-10,45-50,53H2,1-5H3,(H,75,90)(H,78,89)(H,79,91)/b31-23+,32-24+,81-80?/t69-,70-/m0/s1. The number of likely N-dealkylation sites (N-methyl/N-ethyl adjacent to an activating group) is 1. The third-order valence-electron chi connectivity index (χ3n) is 15.9. The van der Waals surface area contributed by atoms with E-state index in [1.807, 2.05) is 146 Å². The Kier molecular flexibility index (Phi) is 24.6. The van der Waals surface area contributed by atoms with Crippen molar-refractivity contribution < 1.29 is 24.0 Å². The van der Waals surface area contributed by atoms with Crippen LogP contribution in [0.5, 0.6) is 6.01 Å². The quantitative estimate of drug-likeness (QED) is 0.0198. The number of azo groups is 1. The van der Waals surface area contributed by atoms with Crippen LogP contribution in [0.2, 0.25) is 0 Å². The highest BCUT2D eigenvalue weighted by molar-refractivity contribution is 5.92. The lowest BCUT2D eigenvalue weighted by atomic mass is 10.0. The Hall–Kier alpha value is -11.2. The molecule has 0 aliphatic heterocycles. The molecule has 7 aromatic carbocycles. The molecule has 0 unspecified atom stereocenters. The Morgan fingerprint density at radius 1 is 0.585 bits per heavy atom. The van der Waals surface area contributed by atoms with E-state index >= 15 is 0 Å². The Balaban J connectivity index is 0.898. The molecule has 0 saturated carbocycles. The Labute approximate surface area is 549 Å². The van der Waals surface area contributed by atoms with Gasteiger partial charge >= 0.3 is 6.01 Å². The number of nitrogens with zero attached hydrogens (tertiary/aromatic N) is 11. The first-order valence-corrected chi connectivity index (χ1v) is 31.9. The molecule has 3 N–H and O–H groups in total. The Morgan fingerprint density at radius 2 is 1.11 bits per heavy atom. The van der Waals surface area contributed by atoms with Crippen molar-refractivity contribution >= 4 is 76.1 Å². The zero-order valence-corrected chi connectivity index (χ0v) is 53.8. The maximum absolute atomic E-state index is 14.7. The number of ether oxygens (including phenoxy) is 1. The summed E-state index contributed by atoms with van der Waals surface area (Å²) < 4.78 is 7.85. The predicted molar refractivity (Wildman–Crippen MR) is 373 cm³/mol. The molecule has 0 aliphatic rings. The van der Waals surface area contributed by atoms with E-state index in [1.165, 1.54) is 24.3 Å². The molecule has 2 aromatic heterocycles. The molecule has 20 heteroatoms. The second-order valence-corrected chi connectivity index (χ2v) is 22.2. The van der Waals surface area contributed by atoms with Gasteiger partial charge in [0.05, 0.1) is 40.3 Å². The fraction of sp³-hybridized carbons (Fsp3) is 0.257. The van der Waals surface area contributed by atoms with Crippen molar-refractivity contribution in [1.82, 2.24) is 40.9 Å². The van der Waals surface area contributed by atoms with Gasteiger partial charge in [0.2, 0.25) is 17.7 Å². The molecule has 9 rings (SSSR count). The maximum atomic E-state index is 14.7. The van der Waals surface area contributed by atoms with E-state index in [2.05, 4.69) is 127 Å². The van der Waals surface area contributed by atoms with Crippen molar-refractivity contribution in [1.29, 1.82) is 0 Å². The molecule has 482 valence electrons. The first kappa shape index (κ1) is 67.2. The minimum absolute atomic E-state index is 0.0163. The van der Waals surface area contributed by atoms with Gasteiger partial charge in [-0.1, -0.05) is 127 Å². The molecule has 9 aromatic rings. The molecule has 94 heavy (non-hydrogen) atoms. The van der Waals surface area contributed by atoms with Gasteiger partial charge in [0.25, 0.3) is 5.69 Å². The first-order valence-electron chi connectivity index (χ1n) is 31.9. The van der Waals surface area contributed by atoms with Crippen LogP contribution >= 0.6 is 0 Å². The van der Waals surface area contributed by atoms with Gasteiger partial charge in [-0.15, -0.1) is 5.10 Å². The van der Waals surface area contributed by atoms with Crippen LogP contribution in [0.25, 0.3) is 35.4 Å². The lowest BCUT2D eigenvalue weighted by Gasteiger charge is -2.25. The minimum atomic E-state index is -1.07. The highest BCUT2D eigenvalue weighted by Crippen LogP contribution is 2.26. The van der Waals surface area contributed by atoms with Gasteiger partial charge < -0.3 is 35.4 Å². The largest absolute Gasteiger partial charge is 0.457 e. The number of aromatic nitrogens is 5. The number of benzene rings is 7. The fourth-order valence-electron chi connectivity index (χ4n) is 10.6. The summed E-state index contributed by atoms with van der Waals surface area (Å²) in [6.07, 6.45) is 9.93. The number of hydrogen-bond acceptors (Lipinski definition) is 15. The van der Waals surface area contributed by atoms with Crippen LogP contribution < -0.4 is 35.4 Å². The summed E-state index contributed by atoms with van der Waals surface area (Å²) in [5, 5.41) is 37.5. The number of non-ortho nitro benzene ring substituents is 1. The smallest absolute Gasteiger partial charge is 0.317 e. The van der Waals surface area contributed by atoms with Crippen molar-refractivity contribution in [3.63, 3.8) is 0 Å². The van der Waals surface area contributed by atoms with Gasteiger partial charge in [0.15, 0.2) is 0 Å². The van der Waals surface area contributed by atoms with Crippen LogP contribution in [0.3, 0.4) is 0 Å². The summed E-state index contributed by atoms with van der Waals surface area (Å²) in [7, 11) is 0. The van der Waals surface area contributed by atoms with Crippen LogP contribution in [0.1, 0.15) is 80.4 Å². The van der Waals surface area contributed by atoms with Crippen molar-refractivity contribution in [3.8, 4) is 17.1 Å². The van der Waals surface area contributed by atoms with E-state index in [1.54, 1.807) is 10.9 Å². The molecule has 0 aliphatic carbocycles. The number of nitro benzene ring substituents is 1. The Morgan fingerprint density at radius 3 is 1.66 bits per heavy atom. The summed E-state index contributed by atoms with van der Waals surface area (Å²) in [4.78, 5) is 69.9. The van der Waals surface area contributed by atoms with Gasteiger partial charge in [0, 0.05) is 88.0 Å². The van der Waals surface area contributed by atoms with E-state index in [0.29, 0.717) is 41.5 Å². The average molecular weight is 1260 g/mol. The number of aryl methyl sites for hydroxylation is 1. The first-order chi connectivity index (χ1) is 45.8. The number of amides is 3. The molecular formula is C74H80N14O6. The fourth-order valence-corrected chi connectivity index (χ4v) is 10.6. The van der Waals surface area contributed by atoms with Gasteiger partial charge in [-0.2, -0.15) is 20.2 Å². The number of hydrogen-bond donors (Lipinski definition) is 3. The lowest BCUT2D eigenvalue weighted by Crippen LogP contribution is -2.55. The molecule has 2 atom stereocenters. The van der Waals surface area contributed by atoms with Gasteiger partial charge in [0.1, 0.15) is 24.4 Å². The van der Waals surface area contributed by atoms with E-state index in [9.17, 15) is 24.5 Å². The molecule has 2 heterocycles. The third-order valence-corrected chi connectivity index (χ3v) is 15.9. The molecule has 0 fully saturated rings. The summed E-state index contributed by atoms with van der Waals surface area (Å²) in [6, 6.07) is 57.2. The van der Waals surface area contributed by atoms with E-state index in [-0.39, 0.29) is 56.6 Å². The Bertz CT molecular complexity index is 3890. The number of anilines is 3. The molecule has 0 bridgehead atoms.